The number of aromatic nitrogens is 1. The highest BCUT2D eigenvalue weighted by Crippen LogP contribution is 2.29. The number of nitrogens with zero attached hydrogens (tertiary/aromatic N) is 1. The van der Waals surface area contributed by atoms with Crippen molar-refractivity contribution >= 4 is 11.9 Å². The molecular formula is C12H12N2O3. The summed E-state index contributed by atoms with van der Waals surface area (Å²) in [5.74, 6) is -0.902. The van der Waals surface area contributed by atoms with Crippen molar-refractivity contribution in [2.75, 3.05) is 5.73 Å². The minimum Gasteiger partial charge on any atom is -0.481 e. The molecular weight excluding hydrogens is 220 g/mol. The van der Waals surface area contributed by atoms with Gasteiger partial charge in [0.25, 0.3) is 0 Å². The highest BCUT2D eigenvalue weighted by molar-refractivity contribution is 5.78. The highest BCUT2D eigenvalue weighted by Gasteiger charge is 2.18. The summed E-state index contributed by atoms with van der Waals surface area (Å²) in [7, 11) is 0. The predicted octanol–water partition coefficient (Wildman–Crippen LogP) is 1.86. The van der Waals surface area contributed by atoms with E-state index in [4.69, 9.17) is 15.4 Å². The van der Waals surface area contributed by atoms with Gasteiger partial charge in [0.2, 0.25) is 5.88 Å². The van der Waals surface area contributed by atoms with Crippen molar-refractivity contribution in [3.05, 3.63) is 35.4 Å². The number of carboxylic acid groups (broad SMARTS) is 1. The lowest BCUT2D eigenvalue weighted by molar-refractivity contribution is -0.136. The Morgan fingerprint density at radius 2 is 2.18 bits per heavy atom. The number of benzene rings is 1. The first kappa shape index (κ1) is 11.2. The molecule has 0 aliphatic rings. The maximum atomic E-state index is 10.8. The van der Waals surface area contributed by atoms with Crippen LogP contribution in [0.4, 0.5) is 5.88 Å². The average Bonchev–Trinajstić information content (AvgIpc) is 2.61. The second-order valence-electron chi connectivity index (χ2n) is 3.76. The van der Waals surface area contributed by atoms with Crippen LogP contribution in [-0.2, 0) is 11.2 Å². The summed E-state index contributed by atoms with van der Waals surface area (Å²) in [5, 5.41) is 12.7. The fraction of sp³-hybridized carbons (Fsp3) is 0.167. The highest BCUT2D eigenvalue weighted by atomic mass is 16.5. The Labute approximate surface area is 97.8 Å². The Balaban J connectivity index is 2.53. The molecule has 0 unspecified atom stereocenters. The normalized spacial score (nSPS) is 10.4. The SMILES string of the molecule is Cc1ccccc1-c1noc(N)c1CC(=O)O. The summed E-state index contributed by atoms with van der Waals surface area (Å²) in [6.45, 7) is 1.92. The number of aliphatic carboxylic acids is 1. The van der Waals surface area contributed by atoms with Crippen molar-refractivity contribution < 1.29 is 14.4 Å². The molecule has 0 bridgehead atoms. The minimum absolute atomic E-state index is 0.0608. The van der Waals surface area contributed by atoms with Gasteiger partial charge in [0, 0.05) is 5.56 Å². The van der Waals surface area contributed by atoms with Gasteiger partial charge in [-0.2, -0.15) is 0 Å². The van der Waals surface area contributed by atoms with Crippen LogP contribution in [0.1, 0.15) is 11.1 Å². The molecule has 0 saturated heterocycles. The van der Waals surface area contributed by atoms with Gasteiger partial charge in [0.05, 0.1) is 12.0 Å². The molecule has 0 atom stereocenters. The van der Waals surface area contributed by atoms with Crippen LogP contribution in [0.3, 0.4) is 0 Å². The summed E-state index contributed by atoms with van der Waals surface area (Å²) < 4.78 is 4.87. The van der Waals surface area contributed by atoms with Gasteiger partial charge in [0.1, 0.15) is 5.69 Å². The summed E-state index contributed by atoms with van der Waals surface area (Å²) in [6.07, 6.45) is -0.195. The van der Waals surface area contributed by atoms with Gasteiger partial charge in [0.15, 0.2) is 0 Å². The van der Waals surface area contributed by atoms with Crippen molar-refractivity contribution in [2.24, 2.45) is 0 Å². The molecule has 0 amide bonds. The number of nitrogens with two attached hydrogens (primary N) is 1. The van der Waals surface area contributed by atoms with Gasteiger partial charge in [-0.05, 0) is 12.5 Å². The zero-order chi connectivity index (χ0) is 12.4. The molecule has 88 valence electrons. The van der Waals surface area contributed by atoms with Crippen LogP contribution < -0.4 is 5.73 Å². The smallest absolute Gasteiger partial charge is 0.308 e. The molecule has 1 aromatic heterocycles. The summed E-state index contributed by atoms with van der Waals surface area (Å²) >= 11 is 0. The van der Waals surface area contributed by atoms with E-state index in [1.54, 1.807) is 0 Å². The van der Waals surface area contributed by atoms with Gasteiger partial charge in [-0.1, -0.05) is 29.4 Å². The topological polar surface area (TPSA) is 89.4 Å². The van der Waals surface area contributed by atoms with E-state index < -0.39 is 5.97 Å². The number of anilines is 1. The van der Waals surface area contributed by atoms with E-state index in [0.717, 1.165) is 11.1 Å². The number of carboxylic acids is 1. The molecule has 5 nitrogen and oxygen atoms in total. The Kier molecular flexibility index (Phi) is 2.82. The number of hydrogen-bond donors (Lipinski definition) is 2. The van der Waals surface area contributed by atoms with Crippen LogP contribution in [0.15, 0.2) is 28.8 Å². The third kappa shape index (κ3) is 2.13. The number of aryl methyl sites for hydroxylation is 1. The van der Waals surface area contributed by atoms with E-state index in [2.05, 4.69) is 5.16 Å². The van der Waals surface area contributed by atoms with Crippen LogP contribution >= 0.6 is 0 Å². The van der Waals surface area contributed by atoms with Crippen molar-refractivity contribution in [3.63, 3.8) is 0 Å². The van der Waals surface area contributed by atoms with Gasteiger partial charge in [-0.15, -0.1) is 0 Å². The molecule has 0 aliphatic carbocycles. The van der Waals surface area contributed by atoms with E-state index in [-0.39, 0.29) is 12.3 Å². The van der Waals surface area contributed by atoms with Crippen LogP contribution in [0.25, 0.3) is 11.3 Å². The van der Waals surface area contributed by atoms with Crippen LogP contribution in [0.2, 0.25) is 0 Å². The maximum Gasteiger partial charge on any atom is 0.308 e. The molecule has 0 fully saturated rings. The van der Waals surface area contributed by atoms with Gasteiger partial charge in [-0.25, -0.2) is 0 Å². The molecule has 0 spiro atoms. The standard InChI is InChI=1S/C12H12N2O3/c1-7-4-2-3-5-8(7)11-9(6-10(15)16)12(13)17-14-11/h2-5H,6,13H2,1H3,(H,15,16). The summed E-state index contributed by atoms with van der Waals surface area (Å²) in [5.41, 5.74) is 8.34. The van der Waals surface area contributed by atoms with Gasteiger partial charge >= 0.3 is 5.97 Å². The number of nitrogen functional groups attached to an aromatic ring is 1. The zero-order valence-electron chi connectivity index (χ0n) is 9.30. The van der Waals surface area contributed by atoms with E-state index in [1.165, 1.54) is 0 Å². The zero-order valence-corrected chi connectivity index (χ0v) is 9.30. The monoisotopic (exact) mass is 232 g/mol. The second-order valence-corrected chi connectivity index (χ2v) is 3.76. The molecule has 17 heavy (non-hydrogen) atoms. The molecule has 3 N–H and O–H groups in total. The van der Waals surface area contributed by atoms with Crippen LogP contribution in [-0.4, -0.2) is 16.2 Å². The second kappa shape index (κ2) is 4.29. The largest absolute Gasteiger partial charge is 0.481 e. The van der Waals surface area contributed by atoms with Gasteiger partial charge < -0.3 is 15.4 Å². The summed E-state index contributed by atoms with van der Waals surface area (Å²) in [6, 6.07) is 7.54. The van der Waals surface area contributed by atoms with E-state index in [0.29, 0.717) is 11.3 Å². The first-order valence-corrected chi connectivity index (χ1v) is 5.11. The molecule has 5 heteroatoms. The lowest BCUT2D eigenvalue weighted by atomic mass is 10.0. The molecule has 1 aromatic carbocycles. The quantitative estimate of drug-likeness (QED) is 0.843. The maximum absolute atomic E-state index is 10.8. The van der Waals surface area contributed by atoms with Crippen LogP contribution in [0.5, 0.6) is 0 Å². The predicted molar refractivity (Wildman–Crippen MR) is 62.4 cm³/mol. The minimum atomic E-state index is -0.963. The fourth-order valence-electron chi connectivity index (χ4n) is 1.69. The van der Waals surface area contributed by atoms with Crippen LogP contribution in [0, 0.1) is 6.92 Å². The van der Waals surface area contributed by atoms with Crippen molar-refractivity contribution in [1.82, 2.24) is 5.16 Å². The third-order valence-electron chi connectivity index (χ3n) is 2.55. The number of rotatable bonds is 3. The van der Waals surface area contributed by atoms with Crippen molar-refractivity contribution in [3.8, 4) is 11.3 Å². The van der Waals surface area contributed by atoms with Crippen molar-refractivity contribution in [2.45, 2.75) is 13.3 Å². The summed E-state index contributed by atoms with van der Waals surface area (Å²) in [4.78, 5) is 10.8. The first-order valence-electron chi connectivity index (χ1n) is 5.11. The molecule has 2 rings (SSSR count). The Morgan fingerprint density at radius 3 is 2.82 bits per heavy atom. The Bertz CT molecular complexity index is 561. The van der Waals surface area contributed by atoms with E-state index in [1.807, 2.05) is 31.2 Å². The molecule has 0 saturated carbocycles. The lowest BCUT2D eigenvalue weighted by Gasteiger charge is -2.03. The molecule has 0 radical (unpaired) electrons. The van der Waals surface area contributed by atoms with E-state index >= 15 is 0 Å². The van der Waals surface area contributed by atoms with E-state index in [9.17, 15) is 4.79 Å². The average molecular weight is 232 g/mol. The lowest BCUT2D eigenvalue weighted by Crippen LogP contribution is -2.03. The number of carbonyl (C=O) groups is 1. The third-order valence-corrected chi connectivity index (χ3v) is 2.55. The molecule has 1 heterocycles. The first-order chi connectivity index (χ1) is 8.09. The Hall–Kier alpha value is -2.30. The molecule has 0 aliphatic heterocycles. The Morgan fingerprint density at radius 1 is 1.47 bits per heavy atom. The molecule has 2 aromatic rings. The fourth-order valence-corrected chi connectivity index (χ4v) is 1.69. The van der Waals surface area contributed by atoms with Gasteiger partial charge in [-0.3, -0.25) is 4.79 Å². The number of hydrogen-bond acceptors (Lipinski definition) is 4. The van der Waals surface area contributed by atoms with Crippen molar-refractivity contribution in [1.29, 1.82) is 0 Å².